The van der Waals surface area contributed by atoms with Crippen LogP contribution in [-0.4, -0.2) is 53.1 Å². The van der Waals surface area contributed by atoms with Gasteiger partial charge < -0.3 is 14.9 Å². The number of carbonyl (C=O) groups excluding carboxylic acids is 1. The van der Waals surface area contributed by atoms with Gasteiger partial charge in [0, 0.05) is 20.1 Å². The Balaban J connectivity index is 2.62. The van der Waals surface area contributed by atoms with Crippen LogP contribution in [0.2, 0.25) is 0 Å². The summed E-state index contributed by atoms with van der Waals surface area (Å²) in [6.45, 7) is 5.27. The fourth-order valence-corrected chi connectivity index (χ4v) is 2.10. The summed E-state index contributed by atoms with van der Waals surface area (Å²) in [5.41, 5.74) is 0. The summed E-state index contributed by atoms with van der Waals surface area (Å²) >= 11 is 0. The summed E-state index contributed by atoms with van der Waals surface area (Å²) in [6.07, 6.45) is 1.34. The first-order chi connectivity index (χ1) is 7.43. The Labute approximate surface area is 96.0 Å². The van der Waals surface area contributed by atoms with Gasteiger partial charge in [0.05, 0.1) is 0 Å². The van der Waals surface area contributed by atoms with Gasteiger partial charge in [0.1, 0.15) is 6.04 Å². The lowest BCUT2D eigenvalue weighted by Gasteiger charge is -2.28. The highest BCUT2D eigenvalue weighted by Crippen LogP contribution is 2.19. The van der Waals surface area contributed by atoms with E-state index in [1.807, 2.05) is 13.8 Å². The molecule has 0 radical (unpaired) electrons. The maximum Gasteiger partial charge on any atom is 0.326 e. The first-order valence-electron chi connectivity index (χ1n) is 5.68. The molecule has 16 heavy (non-hydrogen) atoms. The van der Waals surface area contributed by atoms with Gasteiger partial charge in [0.2, 0.25) is 0 Å². The van der Waals surface area contributed by atoms with Gasteiger partial charge in [0.25, 0.3) is 0 Å². The van der Waals surface area contributed by atoms with Crippen LogP contribution in [0.25, 0.3) is 0 Å². The SMILES string of the molecule is CC(C)CN(C)C(=O)N1CCC[C@@H]1C(=O)O. The average molecular weight is 228 g/mol. The quantitative estimate of drug-likeness (QED) is 0.790. The Bertz CT molecular complexity index is 278. The van der Waals surface area contributed by atoms with E-state index in [0.29, 0.717) is 25.4 Å². The van der Waals surface area contributed by atoms with Gasteiger partial charge in [-0.05, 0) is 18.8 Å². The van der Waals surface area contributed by atoms with Crippen molar-refractivity contribution in [2.24, 2.45) is 5.92 Å². The Hall–Kier alpha value is -1.26. The highest BCUT2D eigenvalue weighted by atomic mass is 16.4. The highest BCUT2D eigenvalue weighted by Gasteiger charge is 2.35. The van der Waals surface area contributed by atoms with Crippen LogP contribution in [0.15, 0.2) is 0 Å². The Kier molecular flexibility index (Phi) is 4.15. The van der Waals surface area contributed by atoms with Crippen molar-refractivity contribution in [3.63, 3.8) is 0 Å². The third-order valence-electron chi connectivity index (χ3n) is 2.75. The summed E-state index contributed by atoms with van der Waals surface area (Å²) in [5, 5.41) is 8.98. The molecule has 2 amide bonds. The Morgan fingerprint density at radius 1 is 1.50 bits per heavy atom. The molecule has 1 heterocycles. The van der Waals surface area contributed by atoms with Crippen molar-refractivity contribution in [2.75, 3.05) is 20.1 Å². The lowest BCUT2D eigenvalue weighted by molar-refractivity contribution is -0.141. The molecular weight excluding hydrogens is 208 g/mol. The Morgan fingerprint density at radius 3 is 2.62 bits per heavy atom. The summed E-state index contributed by atoms with van der Waals surface area (Å²) in [5.74, 6) is -0.511. The van der Waals surface area contributed by atoms with Gasteiger partial charge in [-0.3, -0.25) is 0 Å². The smallest absolute Gasteiger partial charge is 0.326 e. The number of urea groups is 1. The fraction of sp³-hybridized carbons (Fsp3) is 0.818. The second kappa shape index (κ2) is 5.18. The van der Waals surface area contributed by atoms with E-state index in [9.17, 15) is 9.59 Å². The minimum absolute atomic E-state index is 0.168. The largest absolute Gasteiger partial charge is 0.480 e. The summed E-state index contributed by atoms with van der Waals surface area (Å²) in [7, 11) is 1.72. The third-order valence-corrected chi connectivity index (χ3v) is 2.75. The molecule has 0 spiro atoms. The van der Waals surface area contributed by atoms with E-state index in [2.05, 4.69) is 0 Å². The number of aliphatic carboxylic acids is 1. The zero-order valence-electron chi connectivity index (χ0n) is 10.1. The average Bonchev–Trinajstić information content (AvgIpc) is 2.63. The molecule has 1 aliphatic rings. The molecule has 1 atom stereocenters. The lowest BCUT2D eigenvalue weighted by Crippen LogP contribution is -2.47. The molecule has 92 valence electrons. The number of likely N-dealkylation sites (tertiary alicyclic amines) is 1. The minimum atomic E-state index is -0.899. The number of carboxylic acid groups (broad SMARTS) is 1. The van der Waals surface area contributed by atoms with Crippen LogP contribution >= 0.6 is 0 Å². The minimum Gasteiger partial charge on any atom is -0.480 e. The number of nitrogens with zero attached hydrogens (tertiary/aromatic N) is 2. The van der Waals surface area contributed by atoms with Crippen LogP contribution in [0.4, 0.5) is 4.79 Å². The molecule has 0 aromatic heterocycles. The molecule has 1 saturated heterocycles. The van der Waals surface area contributed by atoms with E-state index in [4.69, 9.17) is 5.11 Å². The van der Waals surface area contributed by atoms with Crippen molar-refractivity contribution < 1.29 is 14.7 Å². The zero-order chi connectivity index (χ0) is 12.3. The van der Waals surface area contributed by atoms with Gasteiger partial charge >= 0.3 is 12.0 Å². The van der Waals surface area contributed by atoms with E-state index >= 15 is 0 Å². The maximum atomic E-state index is 12.0. The normalized spacial score (nSPS) is 20.2. The van der Waals surface area contributed by atoms with Crippen LogP contribution in [0, 0.1) is 5.92 Å². The van der Waals surface area contributed by atoms with Crippen molar-refractivity contribution in [1.29, 1.82) is 0 Å². The molecule has 1 fully saturated rings. The highest BCUT2D eigenvalue weighted by molar-refractivity contribution is 5.83. The molecule has 0 saturated carbocycles. The molecular formula is C11H20N2O3. The monoisotopic (exact) mass is 228 g/mol. The van der Waals surface area contributed by atoms with Crippen LogP contribution in [0.1, 0.15) is 26.7 Å². The molecule has 0 unspecified atom stereocenters. The molecule has 1 N–H and O–H groups in total. The molecule has 5 nitrogen and oxygen atoms in total. The van der Waals surface area contributed by atoms with Crippen LogP contribution in [0.3, 0.4) is 0 Å². The number of carbonyl (C=O) groups is 2. The van der Waals surface area contributed by atoms with Gasteiger partial charge in [-0.15, -0.1) is 0 Å². The van der Waals surface area contributed by atoms with Crippen LogP contribution in [0.5, 0.6) is 0 Å². The zero-order valence-corrected chi connectivity index (χ0v) is 10.1. The number of hydrogen-bond acceptors (Lipinski definition) is 2. The predicted molar refractivity (Wildman–Crippen MR) is 60.2 cm³/mol. The van der Waals surface area contributed by atoms with Gasteiger partial charge in [-0.25, -0.2) is 9.59 Å². The summed E-state index contributed by atoms with van der Waals surface area (Å²) in [6, 6.07) is -0.805. The van der Waals surface area contributed by atoms with Crippen LogP contribution < -0.4 is 0 Å². The van der Waals surface area contributed by atoms with Crippen LogP contribution in [-0.2, 0) is 4.79 Å². The Morgan fingerprint density at radius 2 is 2.12 bits per heavy atom. The molecule has 1 rings (SSSR count). The first-order valence-corrected chi connectivity index (χ1v) is 5.68. The lowest BCUT2D eigenvalue weighted by atomic mass is 10.2. The summed E-state index contributed by atoms with van der Waals surface area (Å²) < 4.78 is 0. The van der Waals surface area contributed by atoms with Gasteiger partial charge in [-0.2, -0.15) is 0 Å². The van der Waals surface area contributed by atoms with E-state index in [1.165, 1.54) is 4.90 Å². The van der Waals surface area contributed by atoms with E-state index in [0.717, 1.165) is 6.42 Å². The van der Waals surface area contributed by atoms with Crippen molar-refractivity contribution in [3.05, 3.63) is 0 Å². The third kappa shape index (κ3) is 2.87. The van der Waals surface area contributed by atoms with Crippen molar-refractivity contribution >= 4 is 12.0 Å². The number of rotatable bonds is 3. The summed E-state index contributed by atoms with van der Waals surface area (Å²) in [4.78, 5) is 26.0. The van der Waals surface area contributed by atoms with E-state index < -0.39 is 12.0 Å². The van der Waals surface area contributed by atoms with Crippen molar-refractivity contribution in [2.45, 2.75) is 32.7 Å². The molecule has 0 aromatic rings. The molecule has 0 aromatic carbocycles. The second-order valence-corrected chi connectivity index (χ2v) is 4.75. The van der Waals surface area contributed by atoms with E-state index in [-0.39, 0.29) is 6.03 Å². The standard InChI is InChI=1S/C11H20N2O3/c1-8(2)7-12(3)11(16)13-6-4-5-9(13)10(14)15/h8-9H,4-7H2,1-3H3,(H,14,15)/t9-/m1/s1. The van der Waals surface area contributed by atoms with Crippen molar-refractivity contribution in [3.8, 4) is 0 Å². The second-order valence-electron chi connectivity index (χ2n) is 4.75. The fourth-order valence-electron chi connectivity index (χ4n) is 2.10. The first kappa shape index (κ1) is 12.8. The number of carboxylic acids is 1. The van der Waals surface area contributed by atoms with Crippen molar-refractivity contribution in [1.82, 2.24) is 9.80 Å². The molecule has 0 bridgehead atoms. The molecule has 5 heteroatoms. The number of hydrogen-bond donors (Lipinski definition) is 1. The predicted octanol–water partition coefficient (Wildman–Crippen LogP) is 1.24. The molecule has 1 aliphatic heterocycles. The van der Waals surface area contributed by atoms with Gasteiger partial charge in [0.15, 0.2) is 0 Å². The number of amides is 2. The molecule has 0 aliphatic carbocycles. The topological polar surface area (TPSA) is 60.9 Å². The van der Waals surface area contributed by atoms with Gasteiger partial charge in [-0.1, -0.05) is 13.8 Å². The maximum absolute atomic E-state index is 12.0. The van der Waals surface area contributed by atoms with E-state index in [1.54, 1.807) is 11.9 Å².